The number of allylic oxidation sites excluding steroid dienone is 4. The second-order valence-electron chi connectivity index (χ2n) is 11.6. The molecule has 0 unspecified atom stereocenters. The Bertz CT molecular complexity index is 2060. The lowest BCUT2D eigenvalue weighted by Gasteiger charge is -2.45. The summed E-state index contributed by atoms with van der Waals surface area (Å²) in [6.45, 7) is 4.30. The number of benzene rings is 5. The number of rotatable bonds is 5. The van der Waals surface area contributed by atoms with Gasteiger partial charge in [-0.2, -0.15) is 0 Å². The number of hydrogen-bond acceptors (Lipinski definition) is 3. The molecule has 2 heterocycles. The molecule has 0 saturated heterocycles. The highest BCUT2D eigenvalue weighted by Gasteiger charge is 2.54. The molecule has 0 bridgehead atoms. The molecule has 0 N–H and O–H groups in total. The van der Waals surface area contributed by atoms with E-state index in [2.05, 4.69) is 164 Å². The molecule has 8 rings (SSSR count). The number of hydrogen-bond donors (Lipinski definition) is 0. The number of nitrogens with zero attached hydrogens (tertiary/aromatic N) is 3. The zero-order valence-corrected chi connectivity index (χ0v) is 25.5. The first-order valence-electron chi connectivity index (χ1n) is 15.7. The molecule has 5 aromatic carbocycles. The smallest absolute Gasteiger partial charge is 0.160 e. The zero-order chi connectivity index (χ0) is 30.4. The molecule has 0 atom stereocenters. The average Bonchev–Trinajstić information content (AvgIpc) is 3.41. The Kier molecular flexibility index (Phi) is 6.53. The summed E-state index contributed by atoms with van der Waals surface area (Å²) >= 11 is 0. The standard InChI is InChI=1S/C42H33N3/c1-3-5-22-31(4-2)45-36-27-16-14-25-34(36)42(35-26-15-17-28-37(35)45)33-24-13-12-23-32(33)38-39(29-18-8-6-9-19-29)43-41(44-40(38)42)30-20-10-7-11-21-30/h3,5-28H,4H2,1-2H3/b5-3-,31-22+. The molecule has 0 radical (unpaired) electrons. The molecular formula is C42H33N3. The third-order valence-corrected chi connectivity index (χ3v) is 9.17. The molecule has 1 spiro atoms. The molecule has 3 nitrogen and oxygen atoms in total. The van der Waals surface area contributed by atoms with E-state index in [4.69, 9.17) is 9.97 Å². The Hall–Kier alpha value is -5.54. The van der Waals surface area contributed by atoms with Gasteiger partial charge in [-0.3, -0.25) is 0 Å². The maximum atomic E-state index is 5.58. The van der Waals surface area contributed by atoms with Gasteiger partial charge in [-0.1, -0.05) is 140 Å². The topological polar surface area (TPSA) is 29.0 Å². The van der Waals surface area contributed by atoms with Crippen LogP contribution in [0.25, 0.3) is 33.8 Å². The zero-order valence-electron chi connectivity index (χ0n) is 25.5. The van der Waals surface area contributed by atoms with Crippen LogP contribution in [0, 0.1) is 0 Å². The van der Waals surface area contributed by atoms with Crippen LogP contribution < -0.4 is 4.90 Å². The van der Waals surface area contributed by atoms with E-state index in [0.29, 0.717) is 0 Å². The Morgan fingerprint density at radius 1 is 0.644 bits per heavy atom. The summed E-state index contributed by atoms with van der Waals surface area (Å²) in [4.78, 5) is 13.4. The molecule has 1 aromatic heterocycles. The third kappa shape index (κ3) is 3.97. The van der Waals surface area contributed by atoms with E-state index in [9.17, 15) is 0 Å². The van der Waals surface area contributed by atoms with Gasteiger partial charge >= 0.3 is 0 Å². The van der Waals surface area contributed by atoms with Crippen LogP contribution in [0.1, 0.15) is 42.7 Å². The molecule has 6 aromatic rings. The minimum absolute atomic E-state index is 0.634. The normalized spacial score (nSPS) is 14.3. The molecule has 3 heteroatoms. The predicted octanol–water partition coefficient (Wildman–Crippen LogP) is 10.5. The van der Waals surface area contributed by atoms with Crippen molar-refractivity contribution in [3.63, 3.8) is 0 Å². The van der Waals surface area contributed by atoms with Crippen molar-refractivity contribution in [1.82, 2.24) is 9.97 Å². The first-order valence-corrected chi connectivity index (χ1v) is 15.7. The summed E-state index contributed by atoms with van der Waals surface area (Å²) in [5.41, 5.74) is 13.0. The van der Waals surface area contributed by atoms with Crippen LogP contribution in [0.3, 0.4) is 0 Å². The van der Waals surface area contributed by atoms with Crippen molar-refractivity contribution in [3.05, 3.63) is 180 Å². The van der Waals surface area contributed by atoms with Gasteiger partial charge in [0.2, 0.25) is 0 Å². The maximum Gasteiger partial charge on any atom is 0.160 e. The van der Waals surface area contributed by atoms with Crippen molar-refractivity contribution >= 4 is 11.4 Å². The minimum Gasteiger partial charge on any atom is -0.314 e. The van der Waals surface area contributed by atoms with Gasteiger partial charge in [-0.05, 0) is 53.8 Å². The van der Waals surface area contributed by atoms with Crippen LogP contribution in [-0.2, 0) is 5.41 Å². The van der Waals surface area contributed by atoms with Crippen LogP contribution in [0.5, 0.6) is 0 Å². The van der Waals surface area contributed by atoms with E-state index in [1.807, 2.05) is 6.07 Å². The second kappa shape index (κ2) is 10.9. The van der Waals surface area contributed by atoms with Crippen molar-refractivity contribution in [1.29, 1.82) is 0 Å². The Morgan fingerprint density at radius 2 is 1.20 bits per heavy atom. The predicted molar refractivity (Wildman–Crippen MR) is 186 cm³/mol. The van der Waals surface area contributed by atoms with E-state index >= 15 is 0 Å². The molecule has 216 valence electrons. The van der Waals surface area contributed by atoms with E-state index in [1.54, 1.807) is 0 Å². The molecule has 2 aliphatic rings. The van der Waals surface area contributed by atoms with Gasteiger partial charge in [0.1, 0.15) is 0 Å². The van der Waals surface area contributed by atoms with E-state index < -0.39 is 5.41 Å². The molecule has 0 amide bonds. The van der Waals surface area contributed by atoms with Crippen molar-refractivity contribution in [2.75, 3.05) is 4.90 Å². The van der Waals surface area contributed by atoms with Crippen LogP contribution in [0.2, 0.25) is 0 Å². The van der Waals surface area contributed by atoms with Gasteiger partial charge in [0.05, 0.1) is 28.2 Å². The van der Waals surface area contributed by atoms with E-state index in [0.717, 1.165) is 40.3 Å². The number of fused-ring (bicyclic) bond motifs is 9. The molecule has 0 saturated carbocycles. The van der Waals surface area contributed by atoms with E-state index in [1.165, 1.54) is 39.3 Å². The monoisotopic (exact) mass is 579 g/mol. The molecule has 45 heavy (non-hydrogen) atoms. The number of para-hydroxylation sites is 2. The van der Waals surface area contributed by atoms with Crippen molar-refractivity contribution < 1.29 is 0 Å². The third-order valence-electron chi connectivity index (χ3n) is 9.17. The Balaban J connectivity index is 1.55. The molecule has 1 aliphatic heterocycles. The minimum atomic E-state index is -0.634. The quantitative estimate of drug-likeness (QED) is 0.190. The van der Waals surface area contributed by atoms with Crippen LogP contribution >= 0.6 is 0 Å². The molecule has 0 fully saturated rings. The van der Waals surface area contributed by atoms with Crippen LogP contribution in [-0.4, -0.2) is 9.97 Å². The van der Waals surface area contributed by atoms with Crippen molar-refractivity contribution in [2.24, 2.45) is 0 Å². The van der Waals surface area contributed by atoms with E-state index in [-0.39, 0.29) is 0 Å². The Morgan fingerprint density at radius 3 is 1.82 bits per heavy atom. The maximum absolute atomic E-state index is 5.58. The van der Waals surface area contributed by atoms with Gasteiger partial charge in [0, 0.05) is 22.4 Å². The van der Waals surface area contributed by atoms with Gasteiger partial charge in [0.25, 0.3) is 0 Å². The highest BCUT2D eigenvalue weighted by atomic mass is 15.2. The van der Waals surface area contributed by atoms with Crippen molar-refractivity contribution in [3.8, 4) is 33.8 Å². The number of aromatic nitrogens is 2. The summed E-state index contributed by atoms with van der Waals surface area (Å²) in [5.74, 6) is 0.736. The fourth-order valence-electron chi connectivity index (χ4n) is 7.32. The first-order chi connectivity index (χ1) is 22.3. The molecule has 1 aliphatic carbocycles. The fourth-order valence-corrected chi connectivity index (χ4v) is 7.32. The van der Waals surface area contributed by atoms with Crippen LogP contribution in [0.4, 0.5) is 11.4 Å². The lowest BCUT2D eigenvalue weighted by atomic mass is 9.66. The summed E-state index contributed by atoms with van der Waals surface area (Å²) in [6.07, 6.45) is 7.37. The SMILES string of the molecule is C/C=C\C=C(/CC)N1c2ccccc2C2(c3ccccc3-c3c(-c4ccccc4)nc(-c4ccccc4)nc32)c2ccccc21. The summed E-state index contributed by atoms with van der Waals surface area (Å²) < 4.78 is 0. The Labute approximate surface area is 264 Å². The summed E-state index contributed by atoms with van der Waals surface area (Å²) in [7, 11) is 0. The van der Waals surface area contributed by atoms with Gasteiger partial charge < -0.3 is 4.90 Å². The van der Waals surface area contributed by atoms with Gasteiger partial charge in [-0.15, -0.1) is 0 Å². The molecular weight excluding hydrogens is 546 g/mol. The fraction of sp³-hybridized carbons (Fsp3) is 0.0952. The van der Waals surface area contributed by atoms with Crippen LogP contribution in [0.15, 0.2) is 157 Å². The average molecular weight is 580 g/mol. The van der Waals surface area contributed by atoms with Gasteiger partial charge in [-0.25, -0.2) is 9.97 Å². The lowest BCUT2D eigenvalue weighted by Crippen LogP contribution is -2.38. The summed E-state index contributed by atoms with van der Waals surface area (Å²) in [5, 5.41) is 0. The second-order valence-corrected chi connectivity index (χ2v) is 11.6. The highest BCUT2D eigenvalue weighted by Crippen LogP contribution is 2.63. The number of anilines is 2. The van der Waals surface area contributed by atoms with Crippen molar-refractivity contribution in [2.45, 2.75) is 25.7 Å². The highest BCUT2D eigenvalue weighted by molar-refractivity contribution is 5.97. The first kappa shape index (κ1) is 27.0. The largest absolute Gasteiger partial charge is 0.314 e. The van der Waals surface area contributed by atoms with Gasteiger partial charge in [0.15, 0.2) is 5.82 Å². The lowest BCUT2D eigenvalue weighted by molar-refractivity contribution is 0.717. The summed E-state index contributed by atoms with van der Waals surface area (Å²) in [6, 6.07) is 47.6.